The largest absolute Gasteiger partial charge is 0.297 e. The first kappa shape index (κ1) is 12.0. The van der Waals surface area contributed by atoms with E-state index in [0.717, 1.165) is 29.8 Å². The number of hydrogen-bond acceptors (Lipinski definition) is 1. The molecule has 0 bridgehead atoms. The molecule has 1 heterocycles. The van der Waals surface area contributed by atoms with Crippen molar-refractivity contribution in [1.29, 1.82) is 0 Å². The van der Waals surface area contributed by atoms with Gasteiger partial charge < -0.3 is 0 Å². The van der Waals surface area contributed by atoms with Gasteiger partial charge in [-0.1, -0.05) is 27.7 Å². The standard InChI is InChI=1S/C13H27N/c1-9(2)7-13-8-14(12(13)6)11(5)10(3)4/h9-13H,7-8H2,1-6H3/t11-,12?,13?/m1/s1. The molecule has 0 aromatic heterocycles. The summed E-state index contributed by atoms with van der Waals surface area (Å²) < 4.78 is 0. The van der Waals surface area contributed by atoms with Gasteiger partial charge in [0.2, 0.25) is 0 Å². The second kappa shape index (κ2) is 4.65. The molecular formula is C13H27N. The molecule has 1 aliphatic rings. The smallest absolute Gasteiger partial charge is 0.0111 e. The molecule has 0 aromatic rings. The van der Waals surface area contributed by atoms with E-state index >= 15 is 0 Å². The Bertz CT molecular complexity index is 174. The first-order chi connectivity index (χ1) is 6.43. The third kappa shape index (κ3) is 2.50. The molecule has 0 radical (unpaired) electrons. The van der Waals surface area contributed by atoms with Crippen molar-refractivity contribution in [3.8, 4) is 0 Å². The Kier molecular flexibility index (Phi) is 4.00. The third-order valence-corrected chi connectivity index (χ3v) is 3.91. The monoisotopic (exact) mass is 197 g/mol. The Morgan fingerprint density at radius 1 is 1.14 bits per heavy atom. The maximum absolute atomic E-state index is 2.66. The summed E-state index contributed by atoms with van der Waals surface area (Å²) in [5, 5.41) is 0. The van der Waals surface area contributed by atoms with Crippen molar-refractivity contribution in [2.24, 2.45) is 17.8 Å². The van der Waals surface area contributed by atoms with Crippen LogP contribution in [0.1, 0.15) is 48.0 Å². The fraction of sp³-hybridized carbons (Fsp3) is 1.00. The maximum Gasteiger partial charge on any atom is 0.0111 e. The molecule has 1 nitrogen and oxygen atoms in total. The summed E-state index contributed by atoms with van der Waals surface area (Å²) in [5.41, 5.74) is 0. The lowest BCUT2D eigenvalue weighted by Crippen LogP contribution is -2.59. The highest BCUT2D eigenvalue weighted by Crippen LogP contribution is 2.33. The summed E-state index contributed by atoms with van der Waals surface area (Å²) in [6, 6.07) is 1.57. The molecule has 3 atom stereocenters. The predicted octanol–water partition coefficient (Wildman–Crippen LogP) is 3.40. The lowest BCUT2D eigenvalue weighted by Gasteiger charge is -2.51. The molecule has 0 aliphatic carbocycles. The van der Waals surface area contributed by atoms with Gasteiger partial charge in [0.1, 0.15) is 0 Å². The highest BCUT2D eigenvalue weighted by molar-refractivity contribution is 4.92. The van der Waals surface area contributed by atoms with Crippen molar-refractivity contribution in [1.82, 2.24) is 4.90 Å². The molecule has 0 N–H and O–H groups in total. The second-order valence-corrected chi connectivity index (χ2v) is 5.81. The molecule has 0 spiro atoms. The van der Waals surface area contributed by atoms with Crippen molar-refractivity contribution < 1.29 is 0 Å². The Labute approximate surface area is 89.9 Å². The van der Waals surface area contributed by atoms with Gasteiger partial charge >= 0.3 is 0 Å². The van der Waals surface area contributed by atoms with Crippen molar-refractivity contribution in [3.05, 3.63) is 0 Å². The molecular weight excluding hydrogens is 170 g/mol. The molecule has 1 aliphatic heterocycles. The van der Waals surface area contributed by atoms with E-state index < -0.39 is 0 Å². The summed E-state index contributed by atoms with van der Waals surface area (Å²) >= 11 is 0. The zero-order chi connectivity index (χ0) is 10.9. The van der Waals surface area contributed by atoms with Crippen molar-refractivity contribution in [2.75, 3.05) is 6.54 Å². The Balaban J connectivity index is 2.36. The van der Waals surface area contributed by atoms with Gasteiger partial charge in [-0.15, -0.1) is 0 Å². The summed E-state index contributed by atoms with van der Waals surface area (Å²) in [4.78, 5) is 2.66. The molecule has 1 heteroatoms. The van der Waals surface area contributed by atoms with Crippen molar-refractivity contribution >= 4 is 0 Å². The Hall–Kier alpha value is -0.0400. The van der Waals surface area contributed by atoms with Crippen LogP contribution in [0.15, 0.2) is 0 Å². The number of rotatable bonds is 4. The van der Waals surface area contributed by atoms with Crippen LogP contribution in [0.25, 0.3) is 0 Å². The van der Waals surface area contributed by atoms with Gasteiger partial charge in [-0.2, -0.15) is 0 Å². The number of likely N-dealkylation sites (tertiary alicyclic amines) is 1. The Morgan fingerprint density at radius 2 is 1.71 bits per heavy atom. The van der Waals surface area contributed by atoms with Crippen LogP contribution < -0.4 is 0 Å². The fourth-order valence-corrected chi connectivity index (χ4v) is 2.52. The topological polar surface area (TPSA) is 3.24 Å². The molecule has 14 heavy (non-hydrogen) atoms. The summed E-state index contributed by atoms with van der Waals surface area (Å²) in [5.74, 6) is 2.60. The van der Waals surface area contributed by atoms with Crippen LogP contribution in [0.5, 0.6) is 0 Å². The van der Waals surface area contributed by atoms with Crippen LogP contribution in [0.3, 0.4) is 0 Å². The van der Waals surface area contributed by atoms with E-state index in [1.165, 1.54) is 13.0 Å². The molecule has 0 saturated carbocycles. The van der Waals surface area contributed by atoms with Crippen LogP contribution in [0.4, 0.5) is 0 Å². The van der Waals surface area contributed by atoms with E-state index in [1.807, 2.05) is 0 Å². The maximum atomic E-state index is 2.66. The first-order valence-corrected chi connectivity index (χ1v) is 6.19. The lowest BCUT2D eigenvalue weighted by atomic mass is 9.81. The van der Waals surface area contributed by atoms with Gasteiger partial charge in [0.15, 0.2) is 0 Å². The average Bonchev–Trinajstić information content (AvgIpc) is 2.09. The predicted molar refractivity (Wildman–Crippen MR) is 63.4 cm³/mol. The number of nitrogens with zero attached hydrogens (tertiary/aromatic N) is 1. The van der Waals surface area contributed by atoms with Gasteiger partial charge in [0.25, 0.3) is 0 Å². The van der Waals surface area contributed by atoms with Gasteiger partial charge in [-0.3, -0.25) is 4.90 Å². The minimum absolute atomic E-state index is 0.758. The lowest BCUT2D eigenvalue weighted by molar-refractivity contribution is -0.0297. The van der Waals surface area contributed by atoms with Gasteiger partial charge in [0, 0.05) is 18.6 Å². The van der Waals surface area contributed by atoms with Crippen molar-refractivity contribution in [2.45, 2.75) is 60.0 Å². The van der Waals surface area contributed by atoms with Crippen LogP contribution in [-0.4, -0.2) is 23.5 Å². The summed E-state index contributed by atoms with van der Waals surface area (Å²) in [7, 11) is 0. The van der Waals surface area contributed by atoms with Crippen LogP contribution >= 0.6 is 0 Å². The molecule has 0 amide bonds. The van der Waals surface area contributed by atoms with E-state index in [-0.39, 0.29) is 0 Å². The van der Waals surface area contributed by atoms with E-state index in [1.54, 1.807) is 0 Å². The van der Waals surface area contributed by atoms with Gasteiger partial charge in [-0.25, -0.2) is 0 Å². The normalized spacial score (nSPS) is 30.9. The van der Waals surface area contributed by atoms with E-state index in [4.69, 9.17) is 0 Å². The van der Waals surface area contributed by atoms with Gasteiger partial charge in [-0.05, 0) is 38.0 Å². The summed E-state index contributed by atoms with van der Waals surface area (Å²) in [6.07, 6.45) is 1.41. The van der Waals surface area contributed by atoms with Crippen LogP contribution in [0.2, 0.25) is 0 Å². The van der Waals surface area contributed by atoms with Crippen molar-refractivity contribution in [3.63, 3.8) is 0 Å². The highest BCUT2D eigenvalue weighted by Gasteiger charge is 2.38. The molecule has 1 rings (SSSR count). The second-order valence-electron chi connectivity index (χ2n) is 5.81. The molecule has 1 saturated heterocycles. The Morgan fingerprint density at radius 3 is 2.07 bits per heavy atom. The minimum Gasteiger partial charge on any atom is -0.297 e. The first-order valence-electron chi connectivity index (χ1n) is 6.19. The third-order valence-electron chi connectivity index (χ3n) is 3.91. The zero-order valence-electron chi connectivity index (χ0n) is 10.7. The molecule has 0 aromatic carbocycles. The van der Waals surface area contributed by atoms with Crippen LogP contribution in [0, 0.1) is 17.8 Å². The van der Waals surface area contributed by atoms with E-state index in [9.17, 15) is 0 Å². The molecule has 84 valence electrons. The summed E-state index contributed by atoms with van der Waals surface area (Å²) in [6.45, 7) is 15.4. The van der Waals surface area contributed by atoms with E-state index in [2.05, 4.69) is 46.4 Å². The zero-order valence-corrected chi connectivity index (χ0v) is 10.7. The number of hydrogen-bond donors (Lipinski definition) is 0. The molecule has 1 fully saturated rings. The quantitative estimate of drug-likeness (QED) is 0.667. The fourth-order valence-electron chi connectivity index (χ4n) is 2.52. The SMILES string of the molecule is CC(C)CC1CN([C@H](C)C(C)C)C1C. The van der Waals surface area contributed by atoms with E-state index in [0.29, 0.717) is 0 Å². The highest BCUT2D eigenvalue weighted by atomic mass is 15.2. The molecule has 2 unspecified atom stereocenters. The minimum atomic E-state index is 0.758. The average molecular weight is 197 g/mol. The van der Waals surface area contributed by atoms with Gasteiger partial charge in [0.05, 0.1) is 0 Å². The van der Waals surface area contributed by atoms with Crippen LogP contribution in [-0.2, 0) is 0 Å².